The molecule has 0 aliphatic carbocycles. The molecule has 3 aromatic rings. The van der Waals surface area contributed by atoms with E-state index in [4.69, 9.17) is 4.74 Å². The van der Waals surface area contributed by atoms with Gasteiger partial charge >= 0.3 is 18.0 Å². The Balaban J connectivity index is 1.40. The Labute approximate surface area is 198 Å². The molecule has 0 saturated heterocycles. The monoisotopic (exact) mass is 489 g/mol. The molecule has 184 valence electrons. The van der Waals surface area contributed by atoms with Gasteiger partial charge in [0.25, 0.3) is 5.91 Å². The molecule has 2 aromatic carbocycles. The summed E-state index contributed by atoms with van der Waals surface area (Å²) in [7, 11) is 1.43. The van der Waals surface area contributed by atoms with Gasteiger partial charge in [0, 0.05) is 49.5 Å². The number of aromatic nitrogens is 2. The van der Waals surface area contributed by atoms with Gasteiger partial charge in [0.2, 0.25) is 0 Å². The van der Waals surface area contributed by atoms with Crippen LogP contribution in [0.15, 0.2) is 54.7 Å². The smallest absolute Gasteiger partial charge is 0.416 e. The molecule has 1 aliphatic heterocycles. The summed E-state index contributed by atoms with van der Waals surface area (Å²) in [6.45, 7) is 2.54. The number of nitrogens with zero attached hydrogens (tertiary/aromatic N) is 5. The first kappa shape index (κ1) is 24.2. The Morgan fingerprint density at radius 3 is 2.60 bits per heavy atom. The Kier molecular flexibility index (Phi) is 6.74. The molecular formula is C23H22F3N5O4. The minimum absolute atomic E-state index is 0.147. The number of amides is 1. The second-order valence-corrected chi connectivity index (χ2v) is 8.07. The summed E-state index contributed by atoms with van der Waals surface area (Å²) in [5.74, 6) is -0.687. The number of fused-ring (bicyclic) bond motifs is 1. The van der Waals surface area contributed by atoms with Gasteiger partial charge in [-0.2, -0.15) is 13.2 Å². The minimum Gasteiger partial charge on any atom is -0.444 e. The molecule has 0 spiro atoms. The number of halogens is 3. The highest BCUT2D eigenvalue weighted by Gasteiger charge is 2.31. The second-order valence-electron chi connectivity index (χ2n) is 8.07. The van der Waals surface area contributed by atoms with Crippen molar-refractivity contribution in [2.75, 3.05) is 31.6 Å². The van der Waals surface area contributed by atoms with Crippen molar-refractivity contribution in [3.63, 3.8) is 0 Å². The molecule has 0 N–H and O–H groups in total. The summed E-state index contributed by atoms with van der Waals surface area (Å²) < 4.78 is 46.2. The number of alkyl halides is 3. The summed E-state index contributed by atoms with van der Waals surface area (Å²) >= 11 is 0. The topological polar surface area (TPSA) is 93.7 Å². The third-order valence-corrected chi connectivity index (χ3v) is 5.68. The quantitative estimate of drug-likeness (QED) is 0.398. The molecule has 1 amide bonds. The van der Waals surface area contributed by atoms with E-state index in [9.17, 15) is 28.1 Å². The molecule has 0 saturated carbocycles. The number of anilines is 1. The molecule has 4 rings (SSSR count). The second kappa shape index (κ2) is 9.74. The van der Waals surface area contributed by atoms with Gasteiger partial charge in [-0.05, 0) is 40.8 Å². The third kappa shape index (κ3) is 5.60. The van der Waals surface area contributed by atoms with Gasteiger partial charge in [-0.15, -0.1) is 0 Å². The lowest BCUT2D eigenvalue weighted by atomic mass is 10.1. The van der Waals surface area contributed by atoms with Crippen molar-refractivity contribution >= 4 is 17.4 Å². The van der Waals surface area contributed by atoms with Crippen LogP contribution in [0, 0.1) is 10.1 Å². The number of nitro groups is 1. The van der Waals surface area contributed by atoms with E-state index in [-0.39, 0.29) is 17.5 Å². The van der Waals surface area contributed by atoms with Crippen LogP contribution in [-0.2, 0) is 19.3 Å². The van der Waals surface area contributed by atoms with Gasteiger partial charge < -0.3 is 19.8 Å². The molecule has 2 heterocycles. The normalized spacial score (nSPS) is 14.4. The van der Waals surface area contributed by atoms with Crippen LogP contribution in [0.1, 0.15) is 21.5 Å². The zero-order valence-electron chi connectivity index (χ0n) is 18.7. The van der Waals surface area contributed by atoms with E-state index in [0.29, 0.717) is 38.3 Å². The number of carbonyl (C=O) groups excluding carboxylic acids is 1. The first-order valence-electron chi connectivity index (χ1n) is 10.7. The van der Waals surface area contributed by atoms with Crippen LogP contribution in [-0.4, -0.2) is 52.0 Å². The van der Waals surface area contributed by atoms with Crippen LogP contribution in [0.5, 0.6) is 6.01 Å². The van der Waals surface area contributed by atoms with Gasteiger partial charge in [0.05, 0.1) is 5.56 Å². The van der Waals surface area contributed by atoms with Crippen molar-refractivity contribution in [2.45, 2.75) is 19.3 Å². The highest BCUT2D eigenvalue weighted by Crippen LogP contribution is 2.31. The molecule has 35 heavy (non-hydrogen) atoms. The van der Waals surface area contributed by atoms with E-state index in [1.54, 1.807) is 28.8 Å². The fourth-order valence-electron chi connectivity index (χ4n) is 3.75. The van der Waals surface area contributed by atoms with Gasteiger partial charge in [-0.25, -0.2) is 0 Å². The molecule has 12 heteroatoms. The molecule has 0 radical (unpaired) electrons. The zero-order chi connectivity index (χ0) is 25.2. The number of hydrogen-bond donors (Lipinski definition) is 0. The lowest BCUT2D eigenvalue weighted by Gasteiger charge is -2.24. The molecule has 0 bridgehead atoms. The van der Waals surface area contributed by atoms with Crippen molar-refractivity contribution in [3.05, 3.63) is 81.5 Å². The van der Waals surface area contributed by atoms with Crippen molar-refractivity contribution in [1.29, 1.82) is 0 Å². The van der Waals surface area contributed by atoms with Crippen LogP contribution < -0.4 is 9.64 Å². The van der Waals surface area contributed by atoms with E-state index < -0.39 is 22.6 Å². The third-order valence-electron chi connectivity index (χ3n) is 5.68. The molecule has 0 fully saturated rings. The van der Waals surface area contributed by atoms with Crippen LogP contribution in [0.3, 0.4) is 0 Å². The van der Waals surface area contributed by atoms with Gasteiger partial charge in [0.15, 0.2) is 0 Å². The van der Waals surface area contributed by atoms with Crippen LogP contribution in [0.25, 0.3) is 0 Å². The number of rotatable bonds is 5. The SMILES string of the molecule is CN(C(=O)c1ccc(CN2CCOc3nc([N+](=O)[O-])cn3CC2)cc1)c1cccc(C(F)(F)F)c1. The molecule has 1 aromatic heterocycles. The predicted octanol–water partition coefficient (Wildman–Crippen LogP) is 3.98. The van der Waals surface area contributed by atoms with E-state index >= 15 is 0 Å². The van der Waals surface area contributed by atoms with Crippen LogP contribution in [0.4, 0.5) is 24.7 Å². The standard InChI is InChI=1S/C23H22F3N5O4/c1-28(19-4-2-3-18(13-19)23(24,25)26)21(32)17-7-5-16(6-8-17)14-29-9-10-30-15-20(31(33)34)27-22(30)35-12-11-29/h2-8,13,15H,9-12,14H2,1H3. The van der Waals surface area contributed by atoms with Gasteiger partial charge in [0.1, 0.15) is 12.8 Å². The fourth-order valence-corrected chi connectivity index (χ4v) is 3.75. The lowest BCUT2D eigenvalue weighted by molar-refractivity contribution is -0.389. The summed E-state index contributed by atoms with van der Waals surface area (Å²) in [6.07, 6.45) is -3.15. The van der Waals surface area contributed by atoms with E-state index in [1.165, 1.54) is 30.3 Å². The molecule has 1 aliphatic rings. The van der Waals surface area contributed by atoms with Gasteiger partial charge in [-0.3, -0.25) is 14.3 Å². The lowest BCUT2D eigenvalue weighted by Crippen LogP contribution is -2.33. The summed E-state index contributed by atoms with van der Waals surface area (Å²) in [4.78, 5) is 30.4. The minimum atomic E-state index is -4.49. The highest BCUT2D eigenvalue weighted by molar-refractivity contribution is 6.05. The average Bonchev–Trinajstić information content (AvgIpc) is 3.22. The highest BCUT2D eigenvalue weighted by atomic mass is 19.4. The maximum Gasteiger partial charge on any atom is 0.416 e. The summed E-state index contributed by atoms with van der Waals surface area (Å²) in [6, 6.07) is 11.7. The Hall–Kier alpha value is -3.93. The average molecular weight is 489 g/mol. The van der Waals surface area contributed by atoms with Crippen molar-refractivity contribution < 1.29 is 27.6 Å². The summed E-state index contributed by atoms with van der Waals surface area (Å²) in [5, 5.41) is 10.9. The molecular weight excluding hydrogens is 467 g/mol. The first-order chi connectivity index (χ1) is 16.6. The molecule has 9 nitrogen and oxygen atoms in total. The zero-order valence-corrected chi connectivity index (χ0v) is 18.7. The first-order valence-corrected chi connectivity index (χ1v) is 10.7. The Morgan fingerprint density at radius 1 is 1.17 bits per heavy atom. The number of ether oxygens (including phenoxy) is 1. The number of imidazole rings is 1. The molecule has 0 atom stereocenters. The van der Waals surface area contributed by atoms with Gasteiger partial charge in [-0.1, -0.05) is 18.2 Å². The Morgan fingerprint density at radius 2 is 1.91 bits per heavy atom. The number of carbonyl (C=O) groups is 1. The summed E-state index contributed by atoms with van der Waals surface area (Å²) in [5.41, 5.74) is 0.606. The van der Waals surface area contributed by atoms with Crippen molar-refractivity contribution in [2.24, 2.45) is 0 Å². The number of benzene rings is 2. The molecule has 0 unspecified atom stereocenters. The fraction of sp³-hybridized carbons (Fsp3) is 0.304. The van der Waals surface area contributed by atoms with Crippen molar-refractivity contribution in [1.82, 2.24) is 14.5 Å². The van der Waals surface area contributed by atoms with Crippen LogP contribution in [0.2, 0.25) is 0 Å². The predicted molar refractivity (Wildman–Crippen MR) is 120 cm³/mol. The maximum absolute atomic E-state index is 13.0. The Bertz CT molecular complexity index is 1230. The number of hydrogen-bond acceptors (Lipinski definition) is 6. The maximum atomic E-state index is 13.0. The van der Waals surface area contributed by atoms with E-state index in [1.807, 2.05) is 0 Å². The van der Waals surface area contributed by atoms with E-state index in [0.717, 1.165) is 17.7 Å². The van der Waals surface area contributed by atoms with Crippen molar-refractivity contribution in [3.8, 4) is 6.01 Å². The largest absolute Gasteiger partial charge is 0.444 e. The van der Waals surface area contributed by atoms with Crippen LogP contribution >= 0.6 is 0 Å². The van der Waals surface area contributed by atoms with E-state index in [2.05, 4.69) is 9.88 Å².